The lowest BCUT2D eigenvalue weighted by molar-refractivity contribution is 0.166. The quantitative estimate of drug-likeness (QED) is 0.638. The van der Waals surface area contributed by atoms with Crippen molar-refractivity contribution in [2.24, 2.45) is 11.1 Å². The molecule has 1 saturated heterocycles. The van der Waals surface area contributed by atoms with Gasteiger partial charge in [0.15, 0.2) is 0 Å². The van der Waals surface area contributed by atoms with Gasteiger partial charge < -0.3 is 10.2 Å². The van der Waals surface area contributed by atoms with Crippen molar-refractivity contribution in [3.05, 3.63) is 0 Å². The molecule has 0 bridgehead atoms. The molecule has 1 fully saturated rings. The third-order valence-corrected chi connectivity index (χ3v) is 3.47. The van der Waals surface area contributed by atoms with Crippen molar-refractivity contribution in [3.8, 4) is 0 Å². The van der Waals surface area contributed by atoms with Crippen LogP contribution in [0.1, 0.15) is 26.2 Å². The van der Waals surface area contributed by atoms with E-state index in [0.717, 1.165) is 25.8 Å². The Bertz CT molecular complexity index is 371. The van der Waals surface area contributed by atoms with Gasteiger partial charge in [0.1, 0.15) is 0 Å². The van der Waals surface area contributed by atoms with Crippen molar-refractivity contribution in [1.82, 2.24) is 14.9 Å². The highest BCUT2D eigenvalue weighted by molar-refractivity contribution is 7.87. The third-order valence-electron chi connectivity index (χ3n) is 2.91. The van der Waals surface area contributed by atoms with E-state index in [2.05, 4.69) is 10.0 Å². The van der Waals surface area contributed by atoms with E-state index >= 15 is 0 Å². The van der Waals surface area contributed by atoms with Gasteiger partial charge in [0.05, 0.1) is 0 Å². The summed E-state index contributed by atoms with van der Waals surface area (Å²) in [6.45, 7) is 4.24. The standard InChI is InChI=1S/C10H22N4O3S/c1-2-5-12-10(15)14-6-3-4-9(8-14)7-13-18(11,16)17/h9,13H,2-8H2,1H3,(H,12,15)(H2,11,16,17). The normalized spacial score (nSPS) is 20.8. The summed E-state index contributed by atoms with van der Waals surface area (Å²) in [5.74, 6) is 0.129. The molecule has 1 atom stereocenters. The molecule has 1 unspecified atom stereocenters. The number of carbonyl (C=O) groups is 1. The fourth-order valence-corrected chi connectivity index (χ4v) is 2.46. The summed E-state index contributed by atoms with van der Waals surface area (Å²) in [4.78, 5) is 13.5. The van der Waals surface area contributed by atoms with Gasteiger partial charge in [-0.1, -0.05) is 6.92 Å². The van der Waals surface area contributed by atoms with Crippen molar-refractivity contribution in [1.29, 1.82) is 0 Å². The summed E-state index contributed by atoms with van der Waals surface area (Å²) >= 11 is 0. The SMILES string of the molecule is CCCNC(=O)N1CCCC(CNS(N)(=O)=O)C1. The van der Waals surface area contributed by atoms with Crippen LogP contribution in [0.4, 0.5) is 4.79 Å². The molecule has 0 aromatic carbocycles. The number of rotatable bonds is 5. The van der Waals surface area contributed by atoms with Gasteiger partial charge in [0.2, 0.25) is 0 Å². The molecule has 0 saturated carbocycles. The fourth-order valence-electron chi connectivity index (χ4n) is 1.99. The first-order chi connectivity index (χ1) is 8.42. The Kier molecular flexibility index (Phi) is 5.83. The molecule has 0 spiro atoms. The summed E-state index contributed by atoms with van der Waals surface area (Å²) in [6.07, 6.45) is 2.69. The minimum Gasteiger partial charge on any atom is -0.338 e. The first-order valence-corrected chi connectivity index (χ1v) is 7.77. The van der Waals surface area contributed by atoms with E-state index in [9.17, 15) is 13.2 Å². The van der Waals surface area contributed by atoms with Gasteiger partial charge >= 0.3 is 6.03 Å². The molecular weight excluding hydrogens is 256 g/mol. The van der Waals surface area contributed by atoms with Crippen LogP contribution in [-0.2, 0) is 10.2 Å². The van der Waals surface area contributed by atoms with Crippen molar-refractivity contribution < 1.29 is 13.2 Å². The van der Waals surface area contributed by atoms with Crippen LogP contribution in [0.5, 0.6) is 0 Å². The second kappa shape index (κ2) is 6.91. The zero-order valence-electron chi connectivity index (χ0n) is 10.7. The Hall–Kier alpha value is -0.860. The van der Waals surface area contributed by atoms with Gasteiger partial charge in [0.25, 0.3) is 10.2 Å². The first kappa shape index (κ1) is 15.2. The maximum Gasteiger partial charge on any atom is 0.317 e. The molecule has 1 aliphatic rings. The van der Waals surface area contributed by atoms with Gasteiger partial charge in [-0.3, -0.25) is 0 Å². The smallest absolute Gasteiger partial charge is 0.317 e. The highest BCUT2D eigenvalue weighted by atomic mass is 32.2. The molecule has 0 aliphatic carbocycles. The van der Waals surface area contributed by atoms with Crippen LogP contribution < -0.4 is 15.2 Å². The number of hydrogen-bond donors (Lipinski definition) is 3. The number of nitrogens with one attached hydrogen (secondary N) is 2. The molecule has 4 N–H and O–H groups in total. The second-order valence-corrected chi connectivity index (χ2v) is 5.96. The minimum atomic E-state index is -3.64. The predicted octanol–water partition coefficient (Wildman–Crippen LogP) is -0.389. The molecule has 106 valence electrons. The lowest BCUT2D eigenvalue weighted by atomic mass is 9.99. The van der Waals surface area contributed by atoms with Gasteiger partial charge in [-0.15, -0.1) is 0 Å². The van der Waals surface area contributed by atoms with E-state index in [0.29, 0.717) is 13.1 Å². The van der Waals surface area contributed by atoms with E-state index < -0.39 is 10.2 Å². The molecule has 8 heteroatoms. The summed E-state index contributed by atoms with van der Waals surface area (Å²) < 4.78 is 23.9. The average molecular weight is 278 g/mol. The number of nitrogens with two attached hydrogens (primary N) is 1. The molecule has 1 rings (SSSR count). The Morgan fingerprint density at radius 2 is 2.22 bits per heavy atom. The molecule has 1 aliphatic heterocycles. The Balaban J connectivity index is 2.38. The highest BCUT2D eigenvalue weighted by Crippen LogP contribution is 2.15. The summed E-state index contributed by atoms with van der Waals surface area (Å²) in [6, 6.07) is -0.0721. The third kappa shape index (κ3) is 5.65. The maximum atomic E-state index is 11.8. The lowest BCUT2D eigenvalue weighted by Gasteiger charge is -2.32. The molecule has 2 amide bonds. The van der Waals surface area contributed by atoms with Crippen LogP contribution in [0.3, 0.4) is 0 Å². The van der Waals surface area contributed by atoms with Crippen LogP contribution >= 0.6 is 0 Å². The molecule has 18 heavy (non-hydrogen) atoms. The number of piperidine rings is 1. The Morgan fingerprint density at radius 3 is 2.83 bits per heavy atom. The van der Waals surface area contributed by atoms with E-state index in [1.165, 1.54) is 0 Å². The monoisotopic (exact) mass is 278 g/mol. The maximum absolute atomic E-state index is 11.8. The van der Waals surface area contributed by atoms with E-state index in [-0.39, 0.29) is 18.5 Å². The molecular formula is C10H22N4O3S. The number of urea groups is 1. The number of amides is 2. The van der Waals surface area contributed by atoms with Crippen molar-refractivity contribution in [2.75, 3.05) is 26.2 Å². The van der Waals surface area contributed by atoms with Crippen LogP contribution in [-0.4, -0.2) is 45.5 Å². The molecule has 7 nitrogen and oxygen atoms in total. The largest absolute Gasteiger partial charge is 0.338 e. The van der Waals surface area contributed by atoms with E-state index in [1.54, 1.807) is 4.90 Å². The molecule has 0 aromatic heterocycles. The molecule has 0 radical (unpaired) electrons. The van der Waals surface area contributed by atoms with Crippen molar-refractivity contribution in [3.63, 3.8) is 0 Å². The zero-order chi connectivity index (χ0) is 13.6. The van der Waals surface area contributed by atoms with E-state index in [4.69, 9.17) is 5.14 Å². The van der Waals surface area contributed by atoms with E-state index in [1.807, 2.05) is 6.92 Å². The summed E-state index contributed by atoms with van der Waals surface area (Å²) in [7, 11) is -3.64. The molecule has 1 heterocycles. The van der Waals surface area contributed by atoms with Crippen LogP contribution in [0.15, 0.2) is 0 Å². The highest BCUT2D eigenvalue weighted by Gasteiger charge is 2.23. The average Bonchev–Trinajstić information content (AvgIpc) is 2.33. The lowest BCUT2D eigenvalue weighted by Crippen LogP contribution is -2.48. The predicted molar refractivity (Wildman–Crippen MR) is 69.1 cm³/mol. The second-order valence-electron chi connectivity index (χ2n) is 4.58. The molecule has 0 aromatic rings. The number of nitrogens with zero attached hydrogens (tertiary/aromatic N) is 1. The number of carbonyl (C=O) groups excluding carboxylic acids is 1. The van der Waals surface area contributed by atoms with Gasteiger partial charge in [-0.05, 0) is 25.2 Å². The van der Waals surface area contributed by atoms with Crippen LogP contribution in [0.2, 0.25) is 0 Å². The Labute approximate surface area is 108 Å². The van der Waals surface area contributed by atoms with Crippen molar-refractivity contribution >= 4 is 16.2 Å². The van der Waals surface area contributed by atoms with Gasteiger partial charge in [-0.25, -0.2) is 14.7 Å². The number of likely N-dealkylation sites (tertiary alicyclic amines) is 1. The topological polar surface area (TPSA) is 105 Å². The van der Waals surface area contributed by atoms with Crippen LogP contribution in [0, 0.1) is 5.92 Å². The minimum absolute atomic E-state index is 0.0721. The first-order valence-electron chi connectivity index (χ1n) is 6.22. The van der Waals surface area contributed by atoms with Crippen molar-refractivity contribution in [2.45, 2.75) is 26.2 Å². The summed E-state index contributed by atoms with van der Waals surface area (Å²) in [5, 5.41) is 7.70. The fraction of sp³-hybridized carbons (Fsp3) is 0.900. The zero-order valence-corrected chi connectivity index (χ0v) is 11.5. The van der Waals surface area contributed by atoms with Gasteiger partial charge in [0, 0.05) is 26.2 Å². The number of hydrogen-bond acceptors (Lipinski definition) is 3. The summed E-state index contributed by atoms with van der Waals surface area (Å²) in [5.41, 5.74) is 0. The Morgan fingerprint density at radius 1 is 1.50 bits per heavy atom. The van der Waals surface area contributed by atoms with Crippen LogP contribution in [0.25, 0.3) is 0 Å². The van der Waals surface area contributed by atoms with Gasteiger partial charge in [-0.2, -0.15) is 8.42 Å².